The van der Waals surface area contributed by atoms with Gasteiger partial charge < -0.3 is 10.0 Å². The van der Waals surface area contributed by atoms with E-state index in [1.54, 1.807) is 0 Å². The highest BCUT2D eigenvalue weighted by atomic mass is 16.3. The van der Waals surface area contributed by atoms with E-state index in [2.05, 4.69) is 35.6 Å². The average molecular weight is 276 g/mol. The first-order valence-electron chi connectivity index (χ1n) is 7.26. The van der Waals surface area contributed by atoms with Gasteiger partial charge in [-0.15, -0.1) is 0 Å². The van der Waals surface area contributed by atoms with Gasteiger partial charge in [-0.1, -0.05) is 25.3 Å². The second-order valence-corrected chi connectivity index (χ2v) is 5.54. The summed E-state index contributed by atoms with van der Waals surface area (Å²) in [5, 5.41) is 8.89. The number of nitrogens with zero attached hydrogens (tertiary/aromatic N) is 2. The van der Waals surface area contributed by atoms with Crippen molar-refractivity contribution >= 4 is 0 Å². The van der Waals surface area contributed by atoms with Gasteiger partial charge in [-0.3, -0.25) is 4.90 Å². The van der Waals surface area contributed by atoms with E-state index in [4.69, 9.17) is 5.11 Å². The largest absolute Gasteiger partial charge is 0.396 e. The molecule has 0 bridgehead atoms. The number of hydrogen-bond donors (Lipinski definition) is 1. The predicted molar refractivity (Wildman–Crippen MR) is 86.6 cm³/mol. The zero-order valence-electron chi connectivity index (χ0n) is 13.0. The minimum Gasteiger partial charge on any atom is -0.396 e. The highest BCUT2D eigenvalue weighted by molar-refractivity contribution is 5.44. The lowest BCUT2D eigenvalue weighted by atomic mass is 10.0. The van der Waals surface area contributed by atoms with Crippen molar-refractivity contribution in [3.05, 3.63) is 48.2 Å². The van der Waals surface area contributed by atoms with Gasteiger partial charge in [0.05, 0.1) is 0 Å². The summed E-state index contributed by atoms with van der Waals surface area (Å²) in [6.45, 7) is 21.4. The molecule has 1 heterocycles. The zero-order chi connectivity index (χ0) is 15.1. The van der Waals surface area contributed by atoms with Crippen molar-refractivity contribution in [3.8, 4) is 0 Å². The van der Waals surface area contributed by atoms with Crippen molar-refractivity contribution in [3.63, 3.8) is 0 Å². The fraction of sp³-hybridized carbons (Fsp3) is 0.529. The molecule has 1 aliphatic rings. The number of aliphatic hydroxyl groups is 1. The van der Waals surface area contributed by atoms with Crippen molar-refractivity contribution in [2.45, 2.75) is 20.3 Å². The number of piperazine rings is 1. The van der Waals surface area contributed by atoms with Gasteiger partial charge in [0.1, 0.15) is 0 Å². The molecule has 0 unspecified atom stereocenters. The lowest BCUT2D eigenvalue weighted by Gasteiger charge is -2.38. The molecule has 3 nitrogen and oxygen atoms in total. The van der Waals surface area contributed by atoms with Crippen LogP contribution in [0, 0.1) is 0 Å². The summed E-state index contributed by atoms with van der Waals surface area (Å²) in [6.07, 6.45) is 2.95. The van der Waals surface area contributed by atoms with Crippen molar-refractivity contribution in [2.75, 3.05) is 39.3 Å². The van der Waals surface area contributed by atoms with Crippen molar-refractivity contribution in [2.24, 2.45) is 0 Å². The third kappa shape index (κ3) is 4.99. The molecule has 0 aliphatic carbocycles. The van der Waals surface area contributed by atoms with Gasteiger partial charge in [0, 0.05) is 45.0 Å². The van der Waals surface area contributed by atoms with Crippen LogP contribution in [0.5, 0.6) is 0 Å². The molecule has 0 aromatic carbocycles. The summed E-state index contributed by atoms with van der Waals surface area (Å²) in [5.74, 6) is 0. The van der Waals surface area contributed by atoms with E-state index in [9.17, 15) is 0 Å². The molecular weight excluding hydrogens is 248 g/mol. The van der Waals surface area contributed by atoms with Gasteiger partial charge in [0.25, 0.3) is 0 Å². The Kier molecular flexibility index (Phi) is 6.76. The molecule has 3 heteroatoms. The monoisotopic (exact) mass is 276 g/mol. The Morgan fingerprint density at radius 3 is 2.15 bits per heavy atom. The highest BCUT2D eigenvalue weighted by Crippen LogP contribution is 2.22. The first-order valence-corrected chi connectivity index (χ1v) is 7.26. The second kappa shape index (κ2) is 8.08. The quantitative estimate of drug-likeness (QED) is 0.724. The molecule has 0 radical (unpaired) electrons. The number of allylic oxidation sites excluding steroid dienone is 3. The zero-order valence-corrected chi connectivity index (χ0v) is 13.0. The second-order valence-electron chi connectivity index (χ2n) is 5.54. The summed E-state index contributed by atoms with van der Waals surface area (Å²) < 4.78 is 0. The van der Waals surface area contributed by atoms with Gasteiger partial charge in [0.2, 0.25) is 0 Å². The lowest BCUT2D eigenvalue weighted by Crippen LogP contribution is -2.46. The Labute approximate surface area is 123 Å². The van der Waals surface area contributed by atoms with E-state index in [-0.39, 0.29) is 6.61 Å². The topological polar surface area (TPSA) is 26.7 Å². The van der Waals surface area contributed by atoms with Crippen LogP contribution in [0.25, 0.3) is 0 Å². The smallest absolute Gasteiger partial charge is 0.0443 e. The third-order valence-corrected chi connectivity index (χ3v) is 3.55. The Morgan fingerprint density at radius 2 is 1.70 bits per heavy atom. The third-order valence-electron chi connectivity index (χ3n) is 3.55. The van der Waals surface area contributed by atoms with E-state index in [1.807, 2.05) is 13.8 Å². The maximum absolute atomic E-state index is 8.89. The molecular formula is C17H28N2O. The van der Waals surface area contributed by atoms with Crippen molar-refractivity contribution < 1.29 is 5.11 Å². The van der Waals surface area contributed by atoms with Crippen LogP contribution >= 0.6 is 0 Å². The van der Waals surface area contributed by atoms with Crippen LogP contribution < -0.4 is 0 Å². The van der Waals surface area contributed by atoms with Crippen molar-refractivity contribution in [1.82, 2.24) is 9.80 Å². The maximum atomic E-state index is 8.89. The molecule has 1 fully saturated rings. The van der Waals surface area contributed by atoms with Gasteiger partial charge in [-0.25, -0.2) is 0 Å². The Hall–Kier alpha value is -1.32. The van der Waals surface area contributed by atoms with Crippen LogP contribution in [0.2, 0.25) is 0 Å². The van der Waals surface area contributed by atoms with Crippen LogP contribution in [-0.4, -0.2) is 54.2 Å². The van der Waals surface area contributed by atoms with E-state index >= 15 is 0 Å². The van der Waals surface area contributed by atoms with Gasteiger partial charge in [-0.2, -0.15) is 0 Å². The lowest BCUT2D eigenvalue weighted by molar-refractivity contribution is 0.149. The Bertz CT molecular complexity index is 401. The Morgan fingerprint density at radius 1 is 1.10 bits per heavy atom. The maximum Gasteiger partial charge on any atom is 0.0443 e. The first kappa shape index (κ1) is 16.7. The minimum absolute atomic E-state index is 0.271. The van der Waals surface area contributed by atoms with E-state index in [1.165, 1.54) is 0 Å². The highest BCUT2D eigenvalue weighted by Gasteiger charge is 2.20. The van der Waals surface area contributed by atoms with E-state index < -0.39 is 0 Å². The molecule has 20 heavy (non-hydrogen) atoms. The molecule has 0 atom stereocenters. The van der Waals surface area contributed by atoms with Crippen LogP contribution in [-0.2, 0) is 0 Å². The van der Waals surface area contributed by atoms with Crippen LogP contribution in [0.1, 0.15) is 20.3 Å². The molecule has 112 valence electrons. The summed E-state index contributed by atoms with van der Waals surface area (Å²) in [6, 6.07) is 0. The summed E-state index contributed by atoms with van der Waals surface area (Å²) in [5.41, 5.74) is 4.17. The molecule has 1 N–H and O–H groups in total. The van der Waals surface area contributed by atoms with Gasteiger partial charge in [-0.05, 0) is 37.5 Å². The molecule has 0 saturated carbocycles. The normalized spacial score (nSPS) is 17.1. The summed E-state index contributed by atoms with van der Waals surface area (Å²) in [7, 11) is 0. The molecule has 1 aliphatic heterocycles. The van der Waals surface area contributed by atoms with Crippen LogP contribution in [0.3, 0.4) is 0 Å². The minimum atomic E-state index is 0.271. The standard InChI is InChI=1S/C17H28N2O/c1-14(2)13-17(16(5)15(3)4)19-10-8-18(9-11-19)7-6-12-20/h13,20H,1,3,5-12H2,2,4H3/b17-13+. The fourth-order valence-corrected chi connectivity index (χ4v) is 2.33. The van der Waals surface area contributed by atoms with Crippen LogP contribution in [0.15, 0.2) is 48.2 Å². The van der Waals surface area contributed by atoms with Gasteiger partial charge in [0.15, 0.2) is 0 Å². The molecule has 1 rings (SSSR count). The van der Waals surface area contributed by atoms with Crippen molar-refractivity contribution in [1.29, 1.82) is 0 Å². The van der Waals surface area contributed by atoms with E-state index in [0.717, 1.165) is 61.6 Å². The Balaban J connectivity index is 2.69. The molecule has 0 amide bonds. The SMILES string of the molecule is C=C(C)/C=C(\C(=C)C(=C)C)N1CCN(CCCO)CC1. The fourth-order valence-electron chi connectivity index (χ4n) is 2.33. The first-order chi connectivity index (χ1) is 9.45. The van der Waals surface area contributed by atoms with Crippen LogP contribution in [0.4, 0.5) is 0 Å². The van der Waals surface area contributed by atoms with Gasteiger partial charge >= 0.3 is 0 Å². The molecule has 1 saturated heterocycles. The average Bonchev–Trinajstić information content (AvgIpc) is 2.42. The summed E-state index contributed by atoms with van der Waals surface area (Å²) >= 11 is 0. The predicted octanol–water partition coefficient (Wildman–Crippen LogP) is 2.58. The number of hydrogen-bond acceptors (Lipinski definition) is 3. The van der Waals surface area contributed by atoms with E-state index in [0.29, 0.717) is 0 Å². The summed E-state index contributed by atoms with van der Waals surface area (Å²) in [4.78, 5) is 4.76. The number of rotatable bonds is 7. The molecule has 0 aromatic rings. The molecule has 0 aromatic heterocycles. The number of aliphatic hydroxyl groups excluding tert-OH is 1. The molecule has 0 spiro atoms.